The van der Waals surface area contributed by atoms with Crippen molar-refractivity contribution in [1.29, 1.82) is 0 Å². The van der Waals surface area contributed by atoms with E-state index in [0.29, 0.717) is 5.92 Å². The number of ether oxygens (including phenoxy) is 1. The van der Waals surface area contributed by atoms with Crippen LogP contribution in [-0.4, -0.2) is 107 Å². The quantitative estimate of drug-likeness (QED) is 0.323. The second-order valence-electron chi connectivity index (χ2n) is 8.58. The SMILES string of the molecule is CCNC(=NCC(C)CN1CCN(C)CC1)N1CCN(c2ccc(OC)cc2)CC1.I. The molecule has 0 aliphatic carbocycles. The summed E-state index contributed by atoms with van der Waals surface area (Å²) in [4.78, 5) is 14.8. The van der Waals surface area contributed by atoms with E-state index in [1.807, 2.05) is 12.1 Å². The number of rotatable bonds is 7. The Labute approximate surface area is 205 Å². The van der Waals surface area contributed by atoms with Crippen molar-refractivity contribution < 1.29 is 4.74 Å². The van der Waals surface area contributed by atoms with Gasteiger partial charge < -0.3 is 29.7 Å². The van der Waals surface area contributed by atoms with Crippen molar-refractivity contribution >= 4 is 35.6 Å². The van der Waals surface area contributed by atoms with Crippen molar-refractivity contribution in [3.63, 3.8) is 0 Å². The normalized spacial score (nSPS) is 19.7. The summed E-state index contributed by atoms with van der Waals surface area (Å²) >= 11 is 0. The number of nitrogens with one attached hydrogen (secondary N) is 1. The number of methoxy groups -OCH3 is 1. The van der Waals surface area contributed by atoms with E-state index in [1.54, 1.807) is 7.11 Å². The van der Waals surface area contributed by atoms with Gasteiger partial charge in [0.05, 0.1) is 7.11 Å². The molecule has 3 rings (SSSR count). The molecule has 0 bridgehead atoms. The third kappa shape index (κ3) is 7.98. The maximum Gasteiger partial charge on any atom is 0.194 e. The molecule has 1 N–H and O–H groups in total. The molecular formula is C23H41IN6O. The highest BCUT2D eigenvalue weighted by molar-refractivity contribution is 14.0. The highest BCUT2D eigenvalue weighted by Gasteiger charge is 2.21. The molecule has 0 aromatic heterocycles. The van der Waals surface area contributed by atoms with Crippen molar-refractivity contribution in [2.24, 2.45) is 10.9 Å². The first kappa shape index (κ1) is 26.0. The van der Waals surface area contributed by atoms with Gasteiger partial charge in [-0.25, -0.2) is 0 Å². The lowest BCUT2D eigenvalue weighted by Gasteiger charge is -2.38. The van der Waals surface area contributed by atoms with Crippen LogP contribution in [0.15, 0.2) is 29.3 Å². The predicted octanol–water partition coefficient (Wildman–Crippen LogP) is 2.28. The molecule has 31 heavy (non-hydrogen) atoms. The summed E-state index contributed by atoms with van der Waals surface area (Å²) in [7, 11) is 3.92. The van der Waals surface area contributed by atoms with Crippen molar-refractivity contribution in [3.8, 4) is 5.75 Å². The monoisotopic (exact) mass is 544 g/mol. The van der Waals surface area contributed by atoms with Crippen LogP contribution in [0.4, 0.5) is 5.69 Å². The molecule has 0 saturated carbocycles. The summed E-state index contributed by atoms with van der Waals surface area (Å²) in [5.41, 5.74) is 1.26. The Balaban J connectivity index is 0.00000341. The molecule has 2 aliphatic rings. The van der Waals surface area contributed by atoms with Gasteiger partial charge >= 0.3 is 0 Å². The van der Waals surface area contributed by atoms with Crippen LogP contribution in [0, 0.1) is 5.92 Å². The number of piperazine rings is 2. The van der Waals surface area contributed by atoms with E-state index < -0.39 is 0 Å². The third-order valence-corrected chi connectivity index (χ3v) is 6.07. The number of benzene rings is 1. The summed E-state index contributed by atoms with van der Waals surface area (Å²) in [6.45, 7) is 16.1. The molecule has 1 aromatic rings. The van der Waals surface area contributed by atoms with Crippen molar-refractivity contribution in [1.82, 2.24) is 20.0 Å². The van der Waals surface area contributed by atoms with Gasteiger partial charge in [0.1, 0.15) is 5.75 Å². The number of hydrogen-bond acceptors (Lipinski definition) is 5. The first-order chi connectivity index (χ1) is 14.6. The second kappa shape index (κ2) is 13.3. The maximum absolute atomic E-state index is 5.27. The fraction of sp³-hybridized carbons (Fsp3) is 0.696. The summed E-state index contributed by atoms with van der Waals surface area (Å²) in [5, 5.41) is 3.51. The standard InChI is InChI=1S/C23H40N6O.HI/c1-5-24-23(25-18-20(2)19-27-12-10-26(3)11-13-27)29-16-14-28(15-17-29)21-6-8-22(30-4)9-7-21;/h6-9,20H,5,10-19H2,1-4H3,(H,24,25);1H. The lowest BCUT2D eigenvalue weighted by molar-refractivity contribution is 0.140. The van der Waals surface area contributed by atoms with Gasteiger partial charge in [-0.1, -0.05) is 6.92 Å². The maximum atomic E-state index is 5.27. The number of likely N-dealkylation sites (N-methyl/N-ethyl adjacent to an activating group) is 1. The van der Waals surface area contributed by atoms with Crippen LogP contribution < -0.4 is 15.0 Å². The second-order valence-corrected chi connectivity index (χ2v) is 8.58. The topological polar surface area (TPSA) is 46.6 Å². The number of nitrogens with zero attached hydrogens (tertiary/aromatic N) is 5. The van der Waals surface area contributed by atoms with E-state index in [-0.39, 0.29) is 24.0 Å². The van der Waals surface area contributed by atoms with Gasteiger partial charge in [0, 0.05) is 77.7 Å². The molecule has 176 valence electrons. The Morgan fingerprint density at radius 2 is 1.68 bits per heavy atom. The smallest absolute Gasteiger partial charge is 0.194 e. The van der Waals surface area contributed by atoms with Crippen LogP contribution in [-0.2, 0) is 0 Å². The van der Waals surface area contributed by atoms with Crippen LogP contribution in [0.2, 0.25) is 0 Å². The Kier molecular flexibility index (Phi) is 11.2. The minimum atomic E-state index is 0. The predicted molar refractivity (Wildman–Crippen MR) is 141 cm³/mol. The molecule has 8 heteroatoms. The molecule has 1 unspecified atom stereocenters. The lowest BCUT2D eigenvalue weighted by Crippen LogP contribution is -2.52. The van der Waals surface area contributed by atoms with Gasteiger partial charge in [0.25, 0.3) is 0 Å². The zero-order chi connectivity index (χ0) is 21.3. The van der Waals surface area contributed by atoms with Crippen LogP contribution in [0.1, 0.15) is 13.8 Å². The summed E-state index contributed by atoms with van der Waals surface area (Å²) in [6.07, 6.45) is 0. The van der Waals surface area contributed by atoms with E-state index in [9.17, 15) is 0 Å². The van der Waals surface area contributed by atoms with Gasteiger partial charge in [-0.2, -0.15) is 0 Å². The van der Waals surface area contributed by atoms with Gasteiger partial charge in [-0.3, -0.25) is 4.99 Å². The van der Waals surface area contributed by atoms with E-state index in [1.165, 1.54) is 31.9 Å². The van der Waals surface area contributed by atoms with E-state index in [4.69, 9.17) is 9.73 Å². The van der Waals surface area contributed by atoms with Gasteiger partial charge in [0.15, 0.2) is 5.96 Å². The molecule has 1 aromatic carbocycles. The van der Waals surface area contributed by atoms with Crippen LogP contribution >= 0.6 is 24.0 Å². The zero-order valence-electron chi connectivity index (χ0n) is 19.7. The molecule has 2 fully saturated rings. The highest BCUT2D eigenvalue weighted by Crippen LogP contribution is 2.20. The number of anilines is 1. The first-order valence-corrected chi connectivity index (χ1v) is 11.4. The van der Waals surface area contributed by atoms with Crippen LogP contribution in [0.25, 0.3) is 0 Å². The van der Waals surface area contributed by atoms with Crippen molar-refractivity contribution in [2.45, 2.75) is 13.8 Å². The van der Waals surface area contributed by atoms with Crippen LogP contribution in [0.3, 0.4) is 0 Å². The summed E-state index contributed by atoms with van der Waals surface area (Å²) in [6, 6.07) is 8.37. The average molecular weight is 545 g/mol. The number of aliphatic imine (C=N–C) groups is 1. The number of guanidine groups is 1. The fourth-order valence-electron chi connectivity index (χ4n) is 4.17. The van der Waals surface area contributed by atoms with Crippen LogP contribution in [0.5, 0.6) is 5.75 Å². The zero-order valence-corrected chi connectivity index (χ0v) is 22.0. The largest absolute Gasteiger partial charge is 0.497 e. The Hall–Kier alpha value is -1.26. The van der Waals surface area contributed by atoms with E-state index >= 15 is 0 Å². The first-order valence-electron chi connectivity index (χ1n) is 11.4. The highest BCUT2D eigenvalue weighted by atomic mass is 127. The fourth-order valence-corrected chi connectivity index (χ4v) is 4.17. The van der Waals surface area contributed by atoms with Crippen molar-refractivity contribution in [2.75, 3.05) is 91.0 Å². The minimum Gasteiger partial charge on any atom is -0.497 e. The Morgan fingerprint density at radius 1 is 1.03 bits per heavy atom. The molecule has 0 spiro atoms. The molecule has 0 amide bonds. The molecule has 2 heterocycles. The third-order valence-electron chi connectivity index (χ3n) is 6.07. The Bertz CT molecular complexity index is 655. The van der Waals surface area contributed by atoms with Gasteiger partial charge in [-0.05, 0) is 44.2 Å². The number of hydrogen-bond donors (Lipinski definition) is 1. The van der Waals surface area contributed by atoms with Crippen molar-refractivity contribution in [3.05, 3.63) is 24.3 Å². The molecular weight excluding hydrogens is 503 g/mol. The van der Waals surface area contributed by atoms with Gasteiger partial charge in [0.2, 0.25) is 0 Å². The lowest BCUT2D eigenvalue weighted by atomic mass is 10.1. The Morgan fingerprint density at radius 3 is 2.26 bits per heavy atom. The van der Waals surface area contributed by atoms with E-state index in [2.05, 4.69) is 57.9 Å². The summed E-state index contributed by atoms with van der Waals surface area (Å²) < 4.78 is 5.27. The number of halogens is 1. The van der Waals surface area contributed by atoms with Gasteiger partial charge in [-0.15, -0.1) is 24.0 Å². The average Bonchev–Trinajstić information content (AvgIpc) is 2.78. The summed E-state index contributed by atoms with van der Waals surface area (Å²) in [5.74, 6) is 2.55. The molecule has 7 nitrogen and oxygen atoms in total. The minimum absolute atomic E-state index is 0. The molecule has 0 radical (unpaired) electrons. The molecule has 2 saturated heterocycles. The molecule has 1 atom stereocenters. The van der Waals surface area contributed by atoms with E-state index in [0.717, 1.165) is 57.5 Å². The molecule has 2 aliphatic heterocycles.